The molecule has 26 heavy (non-hydrogen) atoms. The topological polar surface area (TPSA) is 81.9 Å². The number of nitrogens with zero attached hydrogens (tertiary/aromatic N) is 4. The number of nitriles is 1. The van der Waals surface area contributed by atoms with Gasteiger partial charge in [0.25, 0.3) is 0 Å². The third kappa shape index (κ3) is 4.75. The highest BCUT2D eigenvalue weighted by molar-refractivity contribution is 6.35. The minimum absolute atomic E-state index is 0.0336. The van der Waals surface area contributed by atoms with Crippen LogP contribution in [0.2, 0.25) is 0 Å². The molecule has 134 valence electrons. The van der Waals surface area contributed by atoms with Gasteiger partial charge in [0.2, 0.25) is 11.7 Å². The van der Waals surface area contributed by atoms with Crippen LogP contribution in [0.25, 0.3) is 0 Å². The van der Waals surface area contributed by atoms with Crippen LogP contribution in [0.3, 0.4) is 0 Å². The number of aromatic nitrogens is 2. The van der Waals surface area contributed by atoms with Crippen molar-refractivity contribution in [3.8, 4) is 6.07 Å². The number of carbonyl (C=O) groups is 1. The Labute approximate surface area is 151 Å². The molecule has 6 nitrogen and oxygen atoms in total. The second kappa shape index (κ2) is 8.38. The SMILES string of the molecule is Bc1cnc(C#N)nc1N(CC(C)C)NC(=O)Cc1c(F)cccc1F. The van der Waals surface area contributed by atoms with Crippen LogP contribution in [0.1, 0.15) is 25.2 Å². The first-order chi connectivity index (χ1) is 12.3. The Kier molecular flexibility index (Phi) is 6.23. The van der Waals surface area contributed by atoms with E-state index in [2.05, 4.69) is 15.4 Å². The molecule has 0 aliphatic rings. The Balaban J connectivity index is 2.26. The van der Waals surface area contributed by atoms with E-state index >= 15 is 0 Å². The van der Waals surface area contributed by atoms with Gasteiger partial charge in [-0.2, -0.15) is 5.26 Å². The van der Waals surface area contributed by atoms with Crippen molar-refractivity contribution < 1.29 is 13.6 Å². The Morgan fingerprint density at radius 2 is 2.04 bits per heavy atom. The Morgan fingerprint density at radius 3 is 2.62 bits per heavy atom. The molecule has 1 heterocycles. The lowest BCUT2D eigenvalue weighted by Gasteiger charge is -2.27. The second-order valence-electron chi connectivity index (χ2n) is 6.23. The van der Waals surface area contributed by atoms with E-state index in [1.165, 1.54) is 17.3 Å². The maximum atomic E-state index is 13.8. The number of amides is 1. The predicted molar refractivity (Wildman–Crippen MR) is 95.3 cm³/mol. The van der Waals surface area contributed by atoms with Crippen LogP contribution in [0, 0.1) is 28.9 Å². The molecule has 0 saturated carbocycles. The lowest BCUT2D eigenvalue weighted by atomic mass is 9.98. The standard InChI is InChI=1S/C17H18BF2N5O/c1-10(2)9-25(17-12(18)8-22-15(7-21)23-17)24-16(26)6-11-13(19)4-3-5-14(11)20/h3-5,8,10H,6,9,18H2,1-2H3,(H,24,26). The van der Waals surface area contributed by atoms with Gasteiger partial charge in [-0.15, -0.1) is 0 Å². The molecule has 2 aromatic rings. The summed E-state index contributed by atoms with van der Waals surface area (Å²) in [5.41, 5.74) is 2.98. The van der Waals surface area contributed by atoms with Crippen LogP contribution >= 0.6 is 0 Å². The number of hydrazine groups is 1. The van der Waals surface area contributed by atoms with Crippen LogP contribution in [0.5, 0.6) is 0 Å². The number of hydrogen-bond donors (Lipinski definition) is 1. The monoisotopic (exact) mass is 357 g/mol. The molecule has 0 spiro atoms. The average Bonchev–Trinajstić information content (AvgIpc) is 2.58. The summed E-state index contributed by atoms with van der Waals surface area (Å²) in [6.45, 7) is 4.28. The van der Waals surface area contributed by atoms with Gasteiger partial charge in [-0.3, -0.25) is 15.2 Å². The third-order valence-electron chi connectivity index (χ3n) is 3.51. The maximum Gasteiger partial charge on any atom is 0.243 e. The predicted octanol–water partition coefficient (Wildman–Crippen LogP) is 0.621. The highest BCUT2D eigenvalue weighted by Crippen LogP contribution is 2.13. The van der Waals surface area contributed by atoms with Crippen LogP contribution in [0.15, 0.2) is 24.4 Å². The number of hydrogen-bond acceptors (Lipinski definition) is 5. The summed E-state index contributed by atoms with van der Waals surface area (Å²) in [6, 6.07) is 5.30. The summed E-state index contributed by atoms with van der Waals surface area (Å²) < 4.78 is 27.5. The van der Waals surface area contributed by atoms with Crippen LogP contribution < -0.4 is 15.9 Å². The lowest BCUT2D eigenvalue weighted by Crippen LogP contribution is -2.47. The molecule has 1 aromatic carbocycles. The van der Waals surface area contributed by atoms with Crippen molar-refractivity contribution in [1.82, 2.24) is 15.4 Å². The molecular formula is C17H18BF2N5O. The molecule has 0 saturated heterocycles. The summed E-state index contributed by atoms with van der Waals surface area (Å²) in [5.74, 6) is -1.66. The number of nitrogens with one attached hydrogen (secondary N) is 1. The third-order valence-corrected chi connectivity index (χ3v) is 3.51. The van der Waals surface area contributed by atoms with Gasteiger partial charge in [0.1, 0.15) is 31.4 Å². The number of anilines is 1. The maximum absolute atomic E-state index is 13.8. The van der Waals surface area contributed by atoms with Crippen molar-refractivity contribution >= 4 is 25.0 Å². The van der Waals surface area contributed by atoms with Gasteiger partial charge in [-0.05, 0) is 23.5 Å². The summed E-state index contributed by atoms with van der Waals surface area (Å²) in [6.07, 6.45) is 1.03. The summed E-state index contributed by atoms with van der Waals surface area (Å²) in [5, 5.41) is 10.5. The van der Waals surface area contributed by atoms with Gasteiger partial charge in [0.15, 0.2) is 0 Å². The molecule has 0 fully saturated rings. The Hall–Kier alpha value is -3.02. The first kappa shape index (κ1) is 19.3. The molecule has 1 aromatic heterocycles. The van der Waals surface area contributed by atoms with Crippen molar-refractivity contribution in [3.63, 3.8) is 0 Å². The summed E-state index contributed by atoms with van der Waals surface area (Å²) in [7, 11) is 1.74. The number of rotatable bonds is 6. The number of benzene rings is 1. The summed E-state index contributed by atoms with van der Waals surface area (Å²) in [4.78, 5) is 20.4. The van der Waals surface area contributed by atoms with E-state index in [4.69, 9.17) is 5.26 Å². The zero-order valence-electron chi connectivity index (χ0n) is 14.8. The van der Waals surface area contributed by atoms with Crippen molar-refractivity contribution in [1.29, 1.82) is 5.26 Å². The molecule has 0 aliphatic carbocycles. The quantitative estimate of drug-likeness (QED) is 0.606. The van der Waals surface area contributed by atoms with Crippen LogP contribution in [-0.4, -0.2) is 30.3 Å². The first-order valence-corrected chi connectivity index (χ1v) is 8.05. The highest BCUT2D eigenvalue weighted by Gasteiger charge is 2.19. The van der Waals surface area contributed by atoms with Crippen LogP contribution in [0.4, 0.5) is 14.6 Å². The molecule has 0 bridgehead atoms. The lowest BCUT2D eigenvalue weighted by molar-refractivity contribution is -0.120. The fraction of sp³-hybridized carbons (Fsp3) is 0.294. The van der Waals surface area contributed by atoms with Gasteiger partial charge in [-0.1, -0.05) is 19.9 Å². The number of halogens is 2. The van der Waals surface area contributed by atoms with E-state index < -0.39 is 24.0 Å². The van der Waals surface area contributed by atoms with Crippen molar-refractivity contribution in [3.05, 3.63) is 47.4 Å². The van der Waals surface area contributed by atoms with Crippen LogP contribution in [-0.2, 0) is 11.2 Å². The zero-order valence-corrected chi connectivity index (χ0v) is 14.8. The minimum Gasteiger partial charge on any atom is -0.273 e. The zero-order chi connectivity index (χ0) is 19.3. The molecule has 0 unspecified atom stereocenters. The molecule has 2 rings (SSSR count). The van der Waals surface area contributed by atoms with Crippen molar-refractivity contribution in [2.45, 2.75) is 20.3 Å². The molecule has 1 N–H and O–H groups in total. The van der Waals surface area contributed by atoms with E-state index in [1.54, 1.807) is 7.85 Å². The first-order valence-electron chi connectivity index (χ1n) is 8.05. The Morgan fingerprint density at radius 1 is 1.38 bits per heavy atom. The summed E-state index contributed by atoms with van der Waals surface area (Å²) >= 11 is 0. The fourth-order valence-electron chi connectivity index (χ4n) is 2.36. The van der Waals surface area contributed by atoms with Gasteiger partial charge < -0.3 is 0 Å². The fourth-order valence-corrected chi connectivity index (χ4v) is 2.36. The highest BCUT2D eigenvalue weighted by atomic mass is 19.1. The van der Waals surface area contributed by atoms with Gasteiger partial charge in [0, 0.05) is 18.3 Å². The molecule has 1 amide bonds. The van der Waals surface area contributed by atoms with E-state index in [0.29, 0.717) is 17.8 Å². The smallest absolute Gasteiger partial charge is 0.243 e. The average molecular weight is 357 g/mol. The van der Waals surface area contributed by atoms with E-state index in [0.717, 1.165) is 12.1 Å². The number of carbonyl (C=O) groups excluding carboxylic acids is 1. The van der Waals surface area contributed by atoms with Gasteiger partial charge in [-0.25, -0.2) is 18.7 Å². The molecule has 0 atom stereocenters. The largest absolute Gasteiger partial charge is 0.273 e. The van der Waals surface area contributed by atoms with Crippen molar-refractivity contribution in [2.75, 3.05) is 11.6 Å². The normalized spacial score (nSPS) is 10.5. The van der Waals surface area contributed by atoms with E-state index in [1.807, 2.05) is 19.9 Å². The van der Waals surface area contributed by atoms with E-state index in [-0.39, 0.29) is 17.3 Å². The molecule has 0 aliphatic heterocycles. The van der Waals surface area contributed by atoms with E-state index in [9.17, 15) is 13.6 Å². The minimum atomic E-state index is -0.777. The second-order valence-corrected chi connectivity index (χ2v) is 6.23. The van der Waals surface area contributed by atoms with Gasteiger partial charge >= 0.3 is 0 Å². The van der Waals surface area contributed by atoms with Crippen molar-refractivity contribution in [2.24, 2.45) is 5.92 Å². The molecule has 9 heteroatoms. The molecule has 0 radical (unpaired) electrons. The van der Waals surface area contributed by atoms with Gasteiger partial charge in [0.05, 0.1) is 6.42 Å². The molecular weight excluding hydrogens is 339 g/mol. The Bertz CT molecular complexity index is 833.